The first kappa shape index (κ1) is 12.3. The number of anilines is 2. The van der Waals surface area contributed by atoms with Crippen LogP contribution in [0.2, 0.25) is 0 Å². The molecule has 88 valence electrons. The highest BCUT2D eigenvalue weighted by molar-refractivity contribution is 14.1. The molecule has 1 heterocycles. The Balaban J connectivity index is 2.23. The van der Waals surface area contributed by atoms with E-state index in [1.54, 1.807) is 6.20 Å². The molecule has 3 nitrogen and oxygen atoms in total. The smallest absolute Gasteiger partial charge is 0.0581 e. The normalized spacial score (nSPS) is 10.2. The van der Waals surface area contributed by atoms with Crippen LogP contribution < -0.4 is 5.32 Å². The van der Waals surface area contributed by atoms with Crippen LogP contribution in [-0.2, 0) is 6.42 Å². The van der Waals surface area contributed by atoms with Crippen molar-refractivity contribution in [1.82, 2.24) is 4.98 Å². The number of nitrogens with one attached hydrogen (secondary N) is 1. The van der Waals surface area contributed by atoms with Gasteiger partial charge in [-0.25, -0.2) is 0 Å². The molecule has 4 heteroatoms. The van der Waals surface area contributed by atoms with E-state index in [9.17, 15) is 0 Å². The van der Waals surface area contributed by atoms with Gasteiger partial charge in [0.2, 0.25) is 0 Å². The van der Waals surface area contributed by atoms with Crippen molar-refractivity contribution in [1.29, 1.82) is 0 Å². The molecule has 0 saturated heterocycles. The topological polar surface area (TPSA) is 45.1 Å². The summed E-state index contributed by atoms with van der Waals surface area (Å²) in [4.78, 5) is 4.14. The Morgan fingerprint density at radius 2 is 2.06 bits per heavy atom. The van der Waals surface area contributed by atoms with Crippen LogP contribution in [0.25, 0.3) is 0 Å². The quantitative estimate of drug-likeness (QED) is 0.842. The molecule has 0 aliphatic rings. The predicted molar refractivity (Wildman–Crippen MR) is 77.5 cm³/mol. The van der Waals surface area contributed by atoms with Gasteiger partial charge in [-0.05, 0) is 46.7 Å². The Morgan fingerprint density at radius 3 is 2.82 bits per heavy atom. The van der Waals surface area contributed by atoms with Gasteiger partial charge in [0, 0.05) is 22.1 Å². The fourth-order valence-corrected chi connectivity index (χ4v) is 2.11. The zero-order valence-corrected chi connectivity index (χ0v) is 11.4. The first-order valence-electron chi connectivity index (χ1n) is 5.36. The van der Waals surface area contributed by atoms with Crippen LogP contribution in [0.15, 0.2) is 42.7 Å². The molecule has 0 atom stereocenters. The van der Waals surface area contributed by atoms with Crippen LogP contribution in [0.5, 0.6) is 0 Å². The summed E-state index contributed by atoms with van der Waals surface area (Å²) < 4.78 is 1.09. The average molecular weight is 340 g/mol. The lowest BCUT2D eigenvalue weighted by Gasteiger charge is -2.11. The second-order valence-electron chi connectivity index (χ2n) is 3.65. The molecule has 0 fully saturated rings. The summed E-state index contributed by atoms with van der Waals surface area (Å²) in [6, 6.07) is 10.0. The van der Waals surface area contributed by atoms with Crippen LogP contribution in [0, 0.1) is 3.57 Å². The number of aromatic nitrogens is 1. The van der Waals surface area contributed by atoms with Gasteiger partial charge in [0.15, 0.2) is 0 Å². The molecule has 0 amide bonds. The van der Waals surface area contributed by atoms with E-state index >= 15 is 0 Å². The van der Waals surface area contributed by atoms with Gasteiger partial charge in [-0.3, -0.25) is 4.98 Å². The van der Waals surface area contributed by atoms with Crippen molar-refractivity contribution >= 4 is 34.0 Å². The van der Waals surface area contributed by atoms with E-state index in [2.05, 4.69) is 32.9 Å². The molecule has 1 aromatic heterocycles. The maximum absolute atomic E-state index is 9.01. The first-order valence-corrected chi connectivity index (χ1v) is 6.44. The number of hydrogen-bond acceptors (Lipinski definition) is 3. The standard InChI is InChI=1S/C13H13IN2O/c14-11-7-12(9-15-8-11)16-13-4-2-1-3-10(13)5-6-17/h1-4,7-9,16-17H,5-6H2. The highest BCUT2D eigenvalue weighted by atomic mass is 127. The van der Waals surface area contributed by atoms with Crippen molar-refractivity contribution in [3.63, 3.8) is 0 Å². The molecular formula is C13H13IN2O. The number of nitrogens with zero attached hydrogens (tertiary/aromatic N) is 1. The van der Waals surface area contributed by atoms with E-state index in [-0.39, 0.29) is 6.61 Å². The number of para-hydroxylation sites is 1. The molecular weight excluding hydrogens is 327 g/mol. The molecule has 0 spiro atoms. The molecule has 0 unspecified atom stereocenters. The molecule has 2 rings (SSSR count). The van der Waals surface area contributed by atoms with Crippen molar-refractivity contribution in [2.45, 2.75) is 6.42 Å². The Bertz CT molecular complexity index is 502. The Morgan fingerprint density at radius 1 is 1.24 bits per heavy atom. The number of pyridine rings is 1. The van der Waals surface area contributed by atoms with E-state index in [1.165, 1.54) is 0 Å². The maximum Gasteiger partial charge on any atom is 0.0581 e. The van der Waals surface area contributed by atoms with Crippen LogP contribution in [-0.4, -0.2) is 16.7 Å². The first-order chi connectivity index (χ1) is 8.29. The van der Waals surface area contributed by atoms with Crippen molar-refractivity contribution in [3.05, 3.63) is 51.9 Å². The lowest BCUT2D eigenvalue weighted by Crippen LogP contribution is -1.98. The number of aliphatic hydroxyl groups is 1. The summed E-state index contributed by atoms with van der Waals surface area (Å²) >= 11 is 2.23. The van der Waals surface area contributed by atoms with E-state index in [0.717, 1.165) is 20.5 Å². The van der Waals surface area contributed by atoms with Gasteiger partial charge in [0.05, 0.1) is 11.9 Å². The van der Waals surface area contributed by atoms with Crippen molar-refractivity contribution in [2.75, 3.05) is 11.9 Å². The van der Waals surface area contributed by atoms with Gasteiger partial charge >= 0.3 is 0 Å². The Labute approximate surface area is 114 Å². The molecule has 2 aromatic rings. The monoisotopic (exact) mass is 340 g/mol. The predicted octanol–water partition coefficient (Wildman–Crippen LogP) is 2.96. The molecule has 0 saturated carbocycles. The van der Waals surface area contributed by atoms with Crippen molar-refractivity contribution < 1.29 is 5.11 Å². The summed E-state index contributed by atoms with van der Waals surface area (Å²) in [7, 11) is 0. The van der Waals surface area contributed by atoms with Crippen LogP contribution in [0.4, 0.5) is 11.4 Å². The molecule has 0 bridgehead atoms. The van der Waals surface area contributed by atoms with Crippen molar-refractivity contribution in [2.24, 2.45) is 0 Å². The molecule has 2 N–H and O–H groups in total. The second kappa shape index (κ2) is 5.97. The summed E-state index contributed by atoms with van der Waals surface area (Å²) in [5.74, 6) is 0. The molecule has 1 aromatic carbocycles. The average Bonchev–Trinajstić information content (AvgIpc) is 2.32. The molecule has 0 aliphatic carbocycles. The summed E-state index contributed by atoms with van der Waals surface area (Å²) in [5.41, 5.74) is 3.08. The Kier molecular flexibility index (Phi) is 4.33. The zero-order chi connectivity index (χ0) is 12.1. The van der Waals surface area contributed by atoms with E-state index in [1.807, 2.05) is 36.5 Å². The van der Waals surface area contributed by atoms with Crippen LogP contribution >= 0.6 is 22.6 Å². The van der Waals surface area contributed by atoms with E-state index in [4.69, 9.17) is 5.11 Å². The SMILES string of the molecule is OCCc1ccccc1Nc1cncc(I)c1. The maximum atomic E-state index is 9.01. The number of benzene rings is 1. The third-order valence-electron chi connectivity index (χ3n) is 2.38. The van der Waals surface area contributed by atoms with Gasteiger partial charge in [-0.1, -0.05) is 18.2 Å². The summed E-state index contributed by atoms with van der Waals surface area (Å²) in [6.07, 6.45) is 4.25. The number of hydrogen-bond donors (Lipinski definition) is 2. The molecule has 17 heavy (non-hydrogen) atoms. The van der Waals surface area contributed by atoms with Gasteiger partial charge in [-0.15, -0.1) is 0 Å². The molecule has 0 radical (unpaired) electrons. The minimum Gasteiger partial charge on any atom is -0.396 e. The highest BCUT2D eigenvalue weighted by Gasteiger charge is 2.02. The third kappa shape index (κ3) is 3.41. The second-order valence-corrected chi connectivity index (χ2v) is 4.89. The zero-order valence-electron chi connectivity index (χ0n) is 9.23. The molecule has 0 aliphatic heterocycles. The Hall–Kier alpha value is -1.14. The lowest BCUT2D eigenvalue weighted by atomic mass is 10.1. The largest absolute Gasteiger partial charge is 0.396 e. The fourth-order valence-electron chi connectivity index (χ4n) is 1.62. The number of aliphatic hydroxyl groups excluding tert-OH is 1. The van der Waals surface area contributed by atoms with E-state index in [0.29, 0.717) is 6.42 Å². The van der Waals surface area contributed by atoms with Gasteiger partial charge in [-0.2, -0.15) is 0 Å². The minimum atomic E-state index is 0.156. The third-order valence-corrected chi connectivity index (χ3v) is 2.97. The van der Waals surface area contributed by atoms with Gasteiger partial charge < -0.3 is 10.4 Å². The van der Waals surface area contributed by atoms with Crippen molar-refractivity contribution in [3.8, 4) is 0 Å². The van der Waals surface area contributed by atoms with Gasteiger partial charge in [0.1, 0.15) is 0 Å². The van der Waals surface area contributed by atoms with E-state index < -0.39 is 0 Å². The number of halogens is 1. The van der Waals surface area contributed by atoms with Crippen LogP contribution in [0.1, 0.15) is 5.56 Å². The lowest BCUT2D eigenvalue weighted by molar-refractivity contribution is 0.300. The minimum absolute atomic E-state index is 0.156. The van der Waals surface area contributed by atoms with Gasteiger partial charge in [0.25, 0.3) is 0 Å². The van der Waals surface area contributed by atoms with Crippen LogP contribution in [0.3, 0.4) is 0 Å². The summed E-state index contributed by atoms with van der Waals surface area (Å²) in [6.45, 7) is 0.156. The number of rotatable bonds is 4. The highest BCUT2D eigenvalue weighted by Crippen LogP contribution is 2.21. The fraction of sp³-hybridized carbons (Fsp3) is 0.154. The summed E-state index contributed by atoms with van der Waals surface area (Å²) in [5, 5.41) is 12.3.